The zero-order valence-corrected chi connectivity index (χ0v) is 7.54. The van der Waals surface area contributed by atoms with Crippen LogP contribution in [0.25, 0.3) is 0 Å². The van der Waals surface area contributed by atoms with E-state index in [4.69, 9.17) is 4.74 Å². The molecule has 0 N–H and O–H groups in total. The quantitative estimate of drug-likeness (QED) is 0.538. The van der Waals surface area contributed by atoms with E-state index in [2.05, 4.69) is 4.74 Å². The molecule has 0 atom stereocenters. The van der Waals surface area contributed by atoms with Gasteiger partial charge in [-0.15, -0.1) is 0 Å². The molecule has 0 radical (unpaired) electrons. The monoisotopic (exact) mass is 172 g/mol. The smallest absolute Gasteiger partial charge is 0.183 e. The maximum atomic E-state index is 10.9. The lowest BCUT2D eigenvalue weighted by molar-refractivity contribution is -0.127. The maximum Gasteiger partial charge on any atom is 0.183 e. The fourth-order valence-corrected chi connectivity index (χ4v) is 1.05. The normalized spacial score (nSPS) is 16.4. The number of ether oxygens (including phenoxy) is 2. The van der Waals surface area contributed by atoms with Gasteiger partial charge < -0.3 is 9.47 Å². The second-order valence-electron chi connectivity index (χ2n) is 3.26. The Balaban J connectivity index is 1.83. The average molecular weight is 172 g/mol. The van der Waals surface area contributed by atoms with Crippen molar-refractivity contribution in [2.75, 3.05) is 26.9 Å². The molecule has 0 heterocycles. The van der Waals surface area contributed by atoms with Crippen LogP contribution in [0.2, 0.25) is 0 Å². The van der Waals surface area contributed by atoms with Crippen LogP contribution in [0.15, 0.2) is 0 Å². The van der Waals surface area contributed by atoms with Gasteiger partial charge in [-0.05, 0) is 12.3 Å². The van der Waals surface area contributed by atoms with Crippen LogP contribution in [0.3, 0.4) is 0 Å². The Morgan fingerprint density at radius 3 is 2.75 bits per heavy atom. The number of rotatable bonds is 7. The van der Waals surface area contributed by atoms with Gasteiger partial charge in [-0.2, -0.15) is 0 Å². The second-order valence-corrected chi connectivity index (χ2v) is 3.26. The molecule has 1 aliphatic rings. The van der Waals surface area contributed by atoms with E-state index >= 15 is 0 Å². The highest BCUT2D eigenvalue weighted by atomic mass is 16.5. The Hall–Kier alpha value is -0.410. The summed E-state index contributed by atoms with van der Waals surface area (Å²) in [5.74, 6) is 0.899. The Kier molecular flexibility index (Phi) is 4.25. The predicted molar refractivity (Wildman–Crippen MR) is 45.0 cm³/mol. The van der Waals surface area contributed by atoms with E-state index < -0.39 is 0 Å². The minimum atomic E-state index is 0.0216. The summed E-state index contributed by atoms with van der Waals surface area (Å²) < 4.78 is 9.83. The fraction of sp³-hybridized carbons (Fsp3) is 0.889. The molecule has 0 unspecified atom stereocenters. The minimum absolute atomic E-state index is 0.0216. The zero-order valence-electron chi connectivity index (χ0n) is 7.54. The van der Waals surface area contributed by atoms with E-state index in [1.54, 1.807) is 0 Å². The lowest BCUT2D eigenvalue weighted by Crippen LogP contribution is -2.14. The topological polar surface area (TPSA) is 35.5 Å². The van der Waals surface area contributed by atoms with Crippen molar-refractivity contribution in [1.82, 2.24) is 0 Å². The van der Waals surface area contributed by atoms with Crippen LogP contribution >= 0.6 is 0 Å². The predicted octanol–water partition coefficient (Wildman–Crippen LogP) is 1.02. The second kappa shape index (κ2) is 5.27. The van der Waals surface area contributed by atoms with Gasteiger partial charge in [-0.1, -0.05) is 12.8 Å². The summed E-state index contributed by atoms with van der Waals surface area (Å²) in [6, 6.07) is 0. The van der Waals surface area contributed by atoms with Gasteiger partial charge in [0.25, 0.3) is 0 Å². The first-order valence-corrected chi connectivity index (χ1v) is 4.41. The van der Waals surface area contributed by atoms with Crippen molar-refractivity contribution < 1.29 is 14.3 Å². The number of methoxy groups -OCH3 is 1. The molecule has 1 fully saturated rings. The summed E-state index contributed by atoms with van der Waals surface area (Å²) in [5, 5.41) is 0. The molecule has 0 aromatic rings. The molecule has 0 saturated heterocycles. The van der Waals surface area contributed by atoms with Crippen LogP contribution in [-0.4, -0.2) is 32.7 Å². The van der Waals surface area contributed by atoms with Gasteiger partial charge in [0, 0.05) is 13.7 Å². The van der Waals surface area contributed by atoms with Crippen LogP contribution in [0.4, 0.5) is 0 Å². The van der Waals surface area contributed by atoms with Crippen LogP contribution in [0.1, 0.15) is 19.3 Å². The number of carbonyl (C=O) groups is 1. The third-order valence-corrected chi connectivity index (χ3v) is 1.94. The molecule has 0 bridgehead atoms. The zero-order chi connectivity index (χ0) is 8.81. The first-order chi connectivity index (χ1) is 5.83. The summed E-state index contributed by atoms with van der Waals surface area (Å²) in [4.78, 5) is 10.9. The molecule has 12 heavy (non-hydrogen) atoms. The molecular weight excluding hydrogens is 156 g/mol. The molecule has 3 heteroatoms. The van der Waals surface area contributed by atoms with Crippen LogP contribution in [-0.2, 0) is 14.3 Å². The van der Waals surface area contributed by atoms with Crippen molar-refractivity contribution in [3.05, 3.63) is 0 Å². The Labute approximate surface area is 73.0 Å². The molecule has 1 aliphatic carbocycles. The molecule has 1 rings (SSSR count). The number of hydrogen-bond donors (Lipinski definition) is 0. The molecule has 0 aromatic carbocycles. The molecule has 0 aromatic heterocycles. The fourth-order valence-electron chi connectivity index (χ4n) is 1.05. The summed E-state index contributed by atoms with van der Waals surface area (Å²) in [5.41, 5.74) is 0. The van der Waals surface area contributed by atoms with Crippen molar-refractivity contribution >= 4 is 5.78 Å². The Bertz CT molecular complexity index is 141. The van der Waals surface area contributed by atoms with Gasteiger partial charge in [0.1, 0.15) is 13.2 Å². The number of Topliss-reactive ketones (excluding diaryl/α,β-unsaturated/α-hetero) is 1. The maximum absolute atomic E-state index is 10.9. The Morgan fingerprint density at radius 2 is 2.17 bits per heavy atom. The van der Waals surface area contributed by atoms with Gasteiger partial charge in [0.15, 0.2) is 5.78 Å². The standard InChI is InChI=1S/C9H16O3/c1-11-6-9(10)7-12-5-4-8-2-3-8/h8H,2-7H2,1H3. The van der Waals surface area contributed by atoms with Crippen LogP contribution in [0, 0.1) is 5.92 Å². The van der Waals surface area contributed by atoms with Crippen molar-refractivity contribution in [3.63, 3.8) is 0 Å². The van der Waals surface area contributed by atoms with Crippen molar-refractivity contribution in [1.29, 1.82) is 0 Å². The average Bonchev–Trinajstić information content (AvgIpc) is 2.82. The van der Waals surface area contributed by atoms with Gasteiger partial charge in [0.2, 0.25) is 0 Å². The van der Waals surface area contributed by atoms with Crippen molar-refractivity contribution in [2.45, 2.75) is 19.3 Å². The SMILES string of the molecule is COCC(=O)COCCC1CC1. The summed E-state index contributed by atoms with van der Waals surface area (Å²) in [7, 11) is 1.52. The third-order valence-electron chi connectivity index (χ3n) is 1.94. The molecule has 70 valence electrons. The molecule has 0 spiro atoms. The molecule has 0 aliphatic heterocycles. The van der Waals surface area contributed by atoms with E-state index in [9.17, 15) is 4.79 Å². The molecule has 0 amide bonds. The van der Waals surface area contributed by atoms with Gasteiger partial charge in [0.05, 0.1) is 0 Å². The Morgan fingerprint density at radius 1 is 1.42 bits per heavy atom. The first-order valence-electron chi connectivity index (χ1n) is 4.41. The highest BCUT2D eigenvalue weighted by molar-refractivity contribution is 5.80. The number of carbonyl (C=O) groups excluding carboxylic acids is 1. The van der Waals surface area contributed by atoms with E-state index in [0.717, 1.165) is 18.9 Å². The number of ketones is 1. The molecule has 1 saturated carbocycles. The lowest BCUT2D eigenvalue weighted by Gasteiger charge is -2.01. The van der Waals surface area contributed by atoms with Crippen LogP contribution in [0.5, 0.6) is 0 Å². The van der Waals surface area contributed by atoms with Crippen molar-refractivity contribution in [3.8, 4) is 0 Å². The van der Waals surface area contributed by atoms with Crippen molar-refractivity contribution in [2.24, 2.45) is 5.92 Å². The highest BCUT2D eigenvalue weighted by Crippen LogP contribution is 2.31. The van der Waals surface area contributed by atoms with Gasteiger partial charge in [-0.3, -0.25) is 4.79 Å². The summed E-state index contributed by atoms with van der Waals surface area (Å²) >= 11 is 0. The lowest BCUT2D eigenvalue weighted by atomic mass is 10.3. The van der Waals surface area contributed by atoms with E-state index in [-0.39, 0.29) is 19.0 Å². The highest BCUT2D eigenvalue weighted by Gasteiger charge is 2.20. The van der Waals surface area contributed by atoms with E-state index in [1.165, 1.54) is 20.0 Å². The summed E-state index contributed by atoms with van der Waals surface area (Å²) in [6.45, 7) is 1.10. The molecular formula is C9H16O3. The first kappa shape index (κ1) is 9.68. The van der Waals surface area contributed by atoms with Gasteiger partial charge in [-0.25, -0.2) is 0 Å². The molecule has 3 nitrogen and oxygen atoms in total. The number of hydrogen-bond acceptors (Lipinski definition) is 3. The summed E-state index contributed by atoms with van der Waals surface area (Å²) in [6.07, 6.45) is 3.80. The minimum Gasteiger partial charge on any atom is -0.377 e. The third kappa shape index (κ3) is 4.46. The largest absolute Gasteiger partial charge is 0.377 e. The van der Waals surface area contributed by atoms with Crippen LogP contribution < -0.4 is 0 Å². The van der Waals surface area contributed by atoms with E-state index in [1.807, 2.05) is 0 Å². The van der Waals surface area contributed by atoms with E-state index in [0.29, 0.717) is 0 Å². The van der Waals surface area contributed by atoms with Gasteiger partial charge >= 0.3 is 0 Å².